The first kappa shape index (κ1) is 23.2. The van der Waals surface area contributed by atoms with Crippen LogP contribution in [-0.4, -0.2) is 20.4 Å². The third-order valence-corrected chi connectivity index (χ3v) is 8.70. The summed E-state index contributed by atoms with van der Waals surface area (Å²) in [5.41, 5.74) is 2.10. The second kappa shape index (κ2) is 9.98. The van der Waals surface area contributed by atoms with Crippen LogP contribution in [0.25, 0.3) is 0 Å². The van der Waals surface area contributed by atoms with Crippen LogP contribution in [0.5, 0.6) is 0 Å². The van der Waals surface area contributed by atoms with Gasteiger partial charge in [-0.1, -0.05) is 72.4 Å². The number of sulfonamides is 1. The molecule has 35 heavy (non-hydrogen) atoms. The van der Waals surface area contributed by atoms with Gasteiger partial charge in [0.15, 0.2) is 0 Å². The van der Waals surface area contributed by atoms with Gasteiger partial charge < -0.3 is 5.32 Å². The summed E-state index contributed by atoms with van der Waals surface area (Å²) in [7, 11) is -4.02. The lowest BCUT2D eigenvalue weighted by molar-refractivity contribution is -0.117. The number of hydrogen-bond donors (Lipinski definition) is 1. The molecule has 5 nitrogen and oxygen atoms in total. The van der Waals surface area contributed by atoms with Gasteiger partial charge in [-0.25, -0.2) is 8.42 Å². The molecule has 0 spiro atoms. The molecule has 4 aromatic rings. The zero-order valence-corrected chi connectivity index (χ0v) is 20.5. The summed E-state index contributed by atoms with van der Waals surface area (Å²) in [5.74, 6) is -0.343. The van der Waals surface area contributed by atoms with E-state index < -0.39 is 16.1 Å². The fourth-order valence-electron chi connectivity index (χ4n) is 4.23. The molecule has 0 bridgehead atoms. The zero-order valence-electron chi connectivity index (χ0n) is 18.9. The third kappa shape index (κ3) is 4.97. The molecule has 0 aromatic heterocycles. The van der Waals surface area contributed by atoms with Crippen LogP contribution in [0.1, 0.15) is 12.0 Å². The van der Waals surface area contributed by atoms with Gasteiger partial charge in [0.2, 0.25) is 5.91 Å². The highest BCUT2D eigenvalue weighted by molar-refractivity contribution is 7.99. The van der Waals surface area contributed by atoms with Gasteiger partial charge in [0.05, 0.1) is 10.6 Å². The highest BCUT2D eigenvalue weighted by Crippen LogP contribution is 2.37. The largest absolute Gasteiger partial charge is 0.324 e. The second-order valence-corrected chi connectivity index (χ2v) is 11.2. The number of rotatable bonds is 6. The zero-order chi connectivity index (χ0) is 24.3. The first-order valence-electron chi connectivity index (χ1n) is 11.3. The van der Waals surface area contributed by atoms with E-state index in [4.69, 9.17) is 0 Å². The number of carbonyl (C=O) groups is 1. The second-order valence-electron chi connectivity index (χ2n) is 8.23. The maximum atomic E-state index is 14.1. The molecule has 0 saturated heterocycles. The summed E-state index contributed by atoms with van der Waals surface area (Å²) < 4.78 is 29.4. The van der Waals surface area contributed by atoms with Crippen molar-refractivity contribution in [2.24, 2.45) is 0 Å². The average Bonchev–Trinajstić information content (AvgIpc) is 2.89. The molecule has 1 atom stereocenters. The molecule has 0 fully saturated rings. The van der Waals surface area contributed by atoms with Crippen molar-refractivity contribution in [3.8, 4) is 0 Å². The predicted octanol–water partition coefficient (Wildman–Crippen LogP) is 5.99. The van der Waals surface area contributed by atoms with Crippen molar-refractivity contribution in [1.29, 1.82) is 0 Å². The molecule has 7 heteroatoms. The Kier molecular flexibility index (Phi) is 6.61. The number of benzene rings is 4. The van der Waals surface area contributed by atoms with E-state index in [9.17, 15) is 13.2 Å². The molecular formula is C28H24N2O3S2. The van der Waals surface area contributed by atoms with E-state index in [1.807, 2.05) is 66.7 Å². The quantitative estimate of drug-likeness (QED) is 0.353. The normalized spacial score (nSPS) is 15.3. The van der Waals surface area contributed by atoms with Crippen molar-refractivity contribution in [3.05, 3.63) is 115 Å². The van der Waals surface area contributed by atoms with Crippen LogP contribution >= 0.6 is 11.8 Å². The number of anilines is 2. The van der Waals surface area contributed by atoms with Gasteiger partial charge in [0.1, 0.15) is 6.04 Å². The summed E-state index contributed by atoms with van der Waals surface area (Å²) in [5, 5.41) is 2.89. The number of nitrogens with zero attached hydrogens (tertiary/aromatic N) is 1. The number of aryl methyl sites for hydroxylation is 1. The molecule has 1 N–H and O–H groups in total. The standard InChI is InChI=1S/C28H24N2O3S2/c31-28(29-22-11-3-1-4-12-22)27-19-18-21-10-7-8-17-26(21)30(27)35(32,33)25-16-9-15-24(20-25)34-23-13-5-2-6-14-23/h1-17,20,27H,18-19H2,(H,29,31). The number of hydrogen-bond acceptors (Lipinski definition) is 4. The first-order chi connectivity index (χ1) is 17.0. The lowest BCUT2D eigenvalue weighted by Gasteiger charge is -2.37. The van der Waals surface area contributed by atoms with E-state index in [0.29, 0.717) is 24.2 Å². The highest BCUT2D eigenvalue weighted by Gasteiger charge is 2.40. The van der Waals surface area contributed by atoms with Crippen molar-refractivity contribution in [1.82, 2.24) is 0 Å². The molecule has 0 radical (unpaired) electrons. The Bertz CT molecular complexity index is 1440. The summed E-state index contributed by atoms with van der Waals surface area (Å²) >= 11 is 1.50. The monoisotopic (exact) mass is 500 g/mol. The smallest absolute Gasteiger partial charge is 0.265 e. The van der Waals surface area contributed by atoms with Gasteiger partial charge in [-0.05, 0) is 66.9 Å². The van der Waals surface area contributed by atoms with Crippen LogP contribution in [0.2, 0.25) is 0 Å². The Morgan fingerprint density at radius 2 is 1.46 bits per heavy atom. The highest BCUT2D eigenvalue weighted by atomic mass is 32.2. The van der Waals surface area contributed by atoms with E-state index in [2.05, 4.69) is 5.32 Å². The van der Waals surface area contributed by atoms with Crippen LogP contribution in [0.3, 0.4) is 0 Å². The van der Waals surface area contributed by atoms with Crippen LogP contribution < -0.4 is 9.62 Å². The number of amides is 1. The van der Waals surface area contributed by atoms with Crippen molar-refractivity contribution in [2.45, 2.75) is 33.6 Å². The topological polar surface area (TPSA) is 66.5 Å². The van der Waals surface area contributed by atoms with Gasteiger partial charge >= 0.3 is 0 Å². The average molecular weight is 501 g/mol. The molecule has 5 rings (SSSR count). The molecular weight excluding hydrogens is 476 g/mol. The predicted molar refractivity (Wildman–Crippen MR) is 140 cm³/mol. The minimum Gasteiger partial charge on any atom is -0.324 e. The Morgan fingerprint density at radius 3 is 2.23 bits per heavy atom. The van der Waals surface area contributed by atoms with Gasteiger partial charge in [0, 0.05) is 15.5 Å². The SMILES string of the molecule is O=C(Nc1ccccc1)C1CCc2ccccc2N1S(=O)(=O)c1cccc(Sc2ccccc2)c1. The Balaban J connectivity index is 1.52. The third-order valence-electron chi connectivity index (χ3n) is 5.88. The number of nitrogens with one attached hydrogen (secondary N) is 1. The maximum absolute atomic E-state index is 14.1. The minimum atomic E-state index is -4.02. The molecule has 1 heterocycles. The summed E-state index contributed by atoms with van der Waals surface area (Å²) in [6.07, 6.45) is 1.02. The van der Waals surface area contributed by atoms with Crippen LogP contribution in [0.4, 0.5) is 11.4 Å². The molecule has 0 saturated carbocycles. The molecule has 1 unspecified atom stereocenters. The van der Waals surface area contributed by atoms with E-state index in [-0.39, 0.29) is 10.8 Å². The van der Waals surface area contributed by atoms with Crippen LogP contribution in [-0.2, 0) is 21.2 Å². The number of para-hydroxylation sites is 2. The van der Waals surface area contributed by atoms with Gasteiger partial charge in [-0.2, -0.15) is 0 Å². The van der Waals surface area contributed by atoms with Gasteiger partial charge in [-0.15, -0.1) is 0 Å². The van der Waals surface area contributed by atoms with E-state index in [0.717, 1.165) is 15.4 Å². The van der Waals surface area contributed by atoms with Crippen molar-refractivity contribution >= 4 is 39.1 Å². The molecule has 0 aliphatic carbocycles. The lowest BCUT2D eigenvalue weighted by atomic mass is 9.97. The summed E-state index contributed by atoms with van der Waals surface area (Å²) in [6.45, 7) is 0. The van der Waals surface area contributed by atoms with Crippen molar-refractivity contribution in [2.75, 3.05) is 9.62 Å². The molecule has 1 aliphatic rings. The number of carbonyl (C=O) groups excluding carboxylic acids is 1. The van der Waals surface area contributed by atoms with Gasteiger partial charge in [0.25, 0.3) is 10.0 Å². The number of fused-ring (bicyclic) bond motifs is 1. The Labute approximate surface area is 209 Å². The minimum absolute atomic E-state index is 0.160. The summed E-state index contributed by atoms with van der Waals surface area (Å²) in [4.78, 5) is 15.3. The summed E-state index contributed by atoms with van der Waals surface area (Å²) in [6, 6.07) is 32.3. The maximum Gasteiger partial charge on any atom is 0.265 e. The Morgan fingerprint density at radius 1 is 0.800 bits per heavy atom. The van der Waals surface area contributed by atoms with Crippen LogP contribution in [0, 0.1) is 0 Å². The molecule has 176 valence electrons. The van der Waals surface area contributed by atoms with E-state index in [1.165, 1.54) is 16.1 Å². The van der Waals surface area contributed by atoms with Crippen molar-refractivity contribution in [3.63, 3.8) is 0 Å². The van der Waals surface area contributed by atoms with Crippen molar-refractivity contribution < 1.29 is 13.2 Å². The molecule has 1 amide bonds. The van der Waals surface area contributed by atoms with E-state index >= 15 is 0 Å². The van der Waals surface area contributed by atoms with E-state index in [1.54, 1.807) is 42.5 Å². The van der Waals surface area contributed by atoms with Crippen LogP contribution in [0.15, 0.2) is 124 Å². The Hall–Kier alpha value is -3.55. The lowest BCUT2D eigenvalue weighted by Crippen LogP contribution is -2.50. The first-order valence-corrected chi connectivity index (χ1v) is 13.6. The molecule has 1 aliphatic heterocycles. The fraction of sp³-hybridized carbons (Fsp3) is 0.107. The fourth-order valence-corrected chi connectivity index (χ4v) is 6.93. The molecule has 4 aromatic carbocycles. The van der Waals surface area contributed by atoms with Gasteiger partial charge in [-0.3, -0.25) is 9.10 Å².